The molecule has 206 valence electrons. The first-order valence-corrected chi connectivity index (χ1v) is 15.0. The minimum atomic E-state index is -0.0874. The van der Waals surface area contributed by atoms with Gasteiger partial charge in [-0.15, -0.1) is 0 Å². The van der Waals surface area contributed by atoms with Gasteiger partial charge in [0.2, 0.25) is 5.95 Å². The van der Waals surface area contributed by atoms with Gasteiger partial charge in [-0.3, -0.25) is 0 Å². The Morgan fingerprint density at radius 2 is 1.89 bits per heavy atom. The standard InChI is InChI=1S/C29H41ClN6OS/c1-21-7-6-13-35(19-21)25-18-26(36-14-4-3-8-22(36)2)33-27(32-25)34-28(38)31-20-29(11-15-37-16-12-29)23-9-5-10-24(30)17-23/h5,9-10,17-18,21-22H,3-4,6-8,11-16,19-20H2,1-2H3,(H2,31,32,33,34,38)/t21-,22-/m1/s1. The Kier molecular flexibility index (Phi) is 8.91. The average molecular weight is 557 g/mol. The Labute approximate surface area is 237 Å². The number of piperidine rings is 2. The van der Waals surface area contributed by atoms with Crippen molar-refractivity contribution < 1.29 is 4.74 Å². The molecule has 0 bridgehead atoms. The van der Waals surface area contributed by atoms with Crippen molar-refractivity contribution in [1.82, 2.24) is 15.3 Å². The highest BCUT2D eigenvalue weighted by atomic mass is 35.5. The summed E-state index contributed by atoms with van der Waals surface area (Å²) in [6, 6.07) is 10.8. The quantitative estimate of drug-likeness (QED) is 0.434. The number of hydrogen-bond donors (Lipinski definition) is 2. The highest BCUT2D eigenvalue weighted by Crippen LogP contribution is 2.35. The second-order valence-electron chi connectivity index (χ2n) is 11.4. The van der Waals surface area contributed by atoms with Crippen molar-refractivity contribution in [2.75, 3.05) is 54.5 Å². The fourth-order valence-electron chi connectivity index (χ4n) is 6.17. The van der Waals surface area contributed by atoms with Crippen molar-refractivity contribution >= 4 is 46.5 Å². The van der Waals surface area contributed by atoms with Crippen LogP contribution in [0, 0.1) is 5.92 Å². The summed E-state index contributed by atoms with van der Waals surface area (Å²) in [4.78, 5) is 14.7. The van der Waals surface area contributed by atoms with Crippen molar-refractivity contribution in [3.8, 4) is 0 Å². The van der Waals surface area contributed by atoms with Crippen molar-refractivity contribution in [1.29, 1.82) is 0 Å². The van der Waals surface area contributed by atoms with Gasteiger partial charge in [0.1, 0.15) is 11.6 Å². The smallest absolute Gasteiger partial charge is 0.232 e. The predicted molar refractivity (Wildman–Crippen MR) is 161 cm³/mol. The van der Waals surface area contributed by atoms with E-state index in [1.165, 1.54) is 37.7 Å². The van der Waals surface area contributed by atoms with E-state index in [-0.39, 0.29) is 5.41 Å². The van der Waals surface area contributed by atoms with E-state index < -0.39 is 0 Å². The minimum absolute atomic E-state index is 0.0874. The van der Waals surface area contributed by atoms with E-state index >= 15 is 0 Å². The number of thiocarbonyl (C=S) groups is 1. The number of hydrogen-bond acceptors (Lipinski definition) is 6. The molecule has 2 atom stereocenters. The third-order valence-corrected chi connectivity index (χ3v) is 8.96. The van der Waals surface area contributed by atoms with Crippen LogP contribution < -0.4 is 20.4 Å². The zero-order chi connectivity index (χ0) is 26.5. The molecule has 0 unspecified atom stereocenters. The Bertz CT molecular complexity index is 1110. The highest BCUT2D eigenvalue weighted by molar-refractivity contribution is 7.80. The summed E-state index contributed by atoms with van der Waals surface area (Å²) in [6.45, 7) is 9.86. The number of rotatable bonds is 6. The fraction of sp³-hybridized carbons (Fsp3) is 0.621. The predicted octanol–water partition coefficient (Wildman–Crippen LogP) is 5.78. The van der Waals surface area contributed by atoms with Gasteiger partial charge in [-0.05, 0) is 87.7 Å². The van der Waals surface area contributed by atoms with Crippen LogP contribution in [-0.4, -0.2) is 60.5 Å². The molecule has 0 amide bonds. The summed E-state index contributed by atoms with van der Waals surface area (Å²) in [5.74, 6) is 3.21. The van der Waals surface area contributed by atoms with Crippen LogP contribution in [0.25, 0.3) is 0 Å². The lowest BCUT2D eigenvalue weighted by Crippen LogP contribution is -2.45. The molecule has 3 aliphatic rings. The number of benzene rings is 1. The second-order valence-corrected chi connectivity index (χ2v) is 12.2. The van der Waals surface area contributed by atoms with E-state index in [4.69, 9.17) is 38.5 Å². The van der Waals surface area contributed by atoms with Crippen molar-refractivity contribution in [2.45, 2.75) is 70.3 Å². The van der Waals surface area contributed by atoms with E-state index in [2.05, 4.69) is 52.5 Å². The Hall–Kier alpha value is -2.16. The topological polar surface area (TPSA) is 65.5 Å². The summed E-state index contributed by atoms with van der Waals surface area (Å²) in [6.07, 6.45) is 7.96. The maximum atomic E-state index is 6.36. The SMILES string of the molecule is C[C@@H]1CCCN(c2cc(N3CCCC[C@H]3C)nc(NC(=S)NCC3(c4cccc(Cl)c4)CCOCC3)n2)C1. The first kappa shape index (κ1) is 27.4. The molecule has 4 heterocycles. The first-order chi connectivity index (χ1) is 18.4. The average Bonchev–Trinajstić information content (AvgIpc) is 2.92. The molecule has 3 fully saturated rings. The van der Waals surface area contributed by atoms with E-state index in [0.717, 1.165) is 62.3 Å². The van der Waals surface area contributed by atoms with Gasteiger partial charge in [-0.2, -0.15) is 9.97 Å². The normalized spacial score (nSPS) is 23.7. The number of halogens is 1. The molecular weight excluding hydrogens is 516 g/mol. The van der Waals surface area contributed by atoms with Crippen molar-refractivity contribution in [3.63, 3.8) is 0 Å². The van der Waals surface area contributed by atoms with Crippen LogP contribution in [0.4, 0.5) is 17.6 Å². The Morgan fingerprint density at radius 3 is 2.66 bits per heavy atom. The molecule has 0 radical (unpaired) electrons. The monoisotopic (exact) mass is 556 g/mol. The van der Waals surface area contributed by atoms with Gasteiger partial charge in [0.05, 0.1) is 0 Å². The number of aromatic nitrogens is 2. The summed E-state index contributed by atoms with van der Waals surface area (Å²) in [5, 5.41) is 8.12. The third kappa shape index (κ3) is 6.52. The zero-order valence-corrected chi connectivity index (χ0v) is 24.3. The molecule has 9 heteroatoms. The minimum Gasteiger partial charge on any atom is -0.381 e. The van der Waals surface area contributed by atoms with Crippen molar-refractivity contribution in [2.24, 2.45) is 5.92 Å². The van der Waals surface area contributed by atoms with Crippen LogP contribution >= 0.6 is 23.8 Å². The summed E-state index contributed by atoms with van der Waals surface area (Å²) >= 11 is 12.1. The maximum Gasteiger partial charge on any atom is 0.232 e. The van der Waals surface area contributed by atoms with Crippen LogP contribution in [0.3, 0.4) is 0 Å². The second kappa shape index (κ2) is 12.3. The lowest BCUT2D eigenvalue weighted by atomic mass is 9.74. The molecule has 1 aromatic carbocycles. The summed E-state index contributed by atoms with van der Waals surface area (Å²) in [5.41, 5.74) is 1.14. The molecule has 38 heavy (non-hydrogen) atoms. The number of ether oxygens (including phenoxy) is 1. The van der Waals surface area contributed by atoms with Crippen LogP contribution in [0.5, 0.6) is 0 Å². The molecule has 3 aliphatic heterocycles. The zero-order valence-electron chi connectivity index (χ0n) is 22.7. The number of anilines is 3. The molecule has 0 spiro atoms. The van der Waals surface area contributed by atoms with E-state index in [1.807, 2.05) is 12.1 Å². The first-order valence-electron chi connectivity index (χ1n) is 14.2. The largest absolute Gasteiger partial charge is 0.381 e. The van der Waals surface area contributed by atoms with Gasteiger partial charge < -0.3 is 25.2 Å². The van der Waals surface area contributed by atoms with Crippen LogP contribution in [0.15, 0.2) is 30.3 Å². The number of nitrogens with one attached hydrogen (secondary N) is 2. The molecular formula is C29H41ClN6OS. The van der Waals surface area contributed by atoms with Crippen molar-refractivity contribution in [3.05, 3.63) is 40.9 Å². The highest BCUT2D eigenvalue weighted by Gasteiger charge is 2.35. The summed E-state index contributed by atoms with van der Waals surface area (Å²) in [7, 11) is 0. The maximum absolute atomic E-state index is 6.36. The van der Waals surface area contributed by atoms with E-state index in [0.29, 0.717) is 29.6 Å². The van der Waals surface area contributed by atoms with Gasteiger partial charge in [-0.1, -0.05) is 30.7 Å². The molecule has 2 aromatic rings. The third-order valence-electron chi connectivity index (χ3n) is 8.48. The van der Waals surface area contributed by atoms with Gasteiger partial charge in [0.15, 0.2) is 5.11 Å². The summed E-state index contributed by atoms with van der Waals surface area (Å²) < 4.78 is 5.70. The van der Waals surface area contributed by atoms with Crippen LogP contribution in [-0.2, 0) is 10.2 Å². The van der Waals surface area contributed by atoms with Crippen LogP contribution in [0.2, 0.25) is 5.02 Å². The number of nitrogens with zero attached hydrogens (tertiary/aromatic N) is 4. The van der Waals surface area contributed by atoms with Gasteiger partial charge in [0.25, 0.3) is 0 Å². The fourth-order valence-corrected chi connectivity index (χ4v) is 6.52. The van der Waals surface area contributed by atoms with Gasteiger partial charge >= 0.3 is 0 Å². The van der Waals surface area contributed by atoms with E-state index in [1.54, 1.807) is 0 Å². The molecule has 1 aromatic heterocycles. The molecule has 0 saturated carbocycles. The Balaban J connectivity index is 1.34. The van der Waals surface area contributed by atoms with Crippen LogP contribution in [0.1, 0.15) is 64.4 Å². The van der Waals surface area contributed by atoms with Gasteiger partial charge in [-0.25, -0.2) is 0 Å². The lowest BCUT2D eigenvalue weighted by Gasteiger charge is -2.38. The van der Waals surface area contributed by atoms with Gasteiger partial charge in [0, 0.05) is 61.9 Å². The molecule has 5 rings (SSSR count). The molecule has 2 N–H and O–H groups in total. The van der Waals surface area contributed by atoms with E-state index in [9.17, 15) is 0 Å². The molecule has 3 saturated heterocycles. The lowest BCUT2D eigenvalue weighted by molar-refractivity contribution is 0.0515. The molecule has 0 aliphatic carbocycles. The molecule has 7 nitrogen and oxygen atoms in total. The Morgan fingerprint density at radius 1 is 1.08 bits per heavy atom.